The average molecular weight is 300 g/mol. The maximum atomic E-state index is 12.7. The van der Waals surface area contributed by atoms with Gasteiger partial charge in [-0.25, -0.2) is 9.78 Å². The van der Waals surface area contributed by atoms with E-state index in [1.165, 1.54) is 13.5 Å². The molecule has 1 aromatic heterocycles. The molecule has 6 nitrogen and oxygen atoms in total. The molecule has 0 aliphatic carbocycles. The van der Waals surface area contributed by atoms with Gasteiger partial charge in [0.05, 0.1) is 12.7 Å². The summed E-state index contributed by atoms with van der Waals surface area (Å²) in [5.41, 5.74) is 1.13. The van der Waals surface area contributed by atoms with E-state index in [9.17, 15) is 9.59 Å². The van der Waals surface area contributed by atoms with Gasteiger partial charge in [0, 0.05) is 18.7 Å². The minimum atomic E-state index is -0.591. The summed E-state index contributed by atoms with van der Waals surface area (Å²) in [6.45, 7) is 1.51. The van der Waals surface area contributed by atoms with Crippen molar-refractivity contribution in [1.82, 2.24) is 9.88 Å². The van der Waals surface area contributed by atoms with E-state index in [1.807, 2.05) is 4.90 Å². The molecule has 22 heavy (non-hydrogen) atoms. The molecule has 2 aromatic rings. The van der Waals surface area contributed by atoms with E-state index in [2.05, 4.69) is 4.98 Å². The van der Waals surface area contributed by atoms with Crippen LogP contribution in [0.4, 0.5) is 0 Å². The van der Waals surface area contributed by atoms with E-state index in [0.717, 1.165) is 25.9 Å². The normalized spacial score (nSPS) is 14.1. The standard InChI is InChI=1S/C16H16N2O4/c1-21-16(20)13-14(22-10-17-13)11-6-2-3-7-12(11)15(19)18-8-4-5-9-18/h2-3,6-7,10H,4-5,8-9H2,1H3. The number of rotatable bonds is 3. The number of esters is 1. The Balaban J connectivity index is 2.03. The summed E-state index contributed by atoms with van der Waals surface area (Å²) in [5, 5.41) is 0. The highest BCUT2D eigenvalue weighted by Gasteiger charge is 2.26. The van der Waals surface area contributed by atoms with Gasteiger partial charge in [0.15, 0.2) is 17.8 Å². The molecule has 1 aliphatic heterocycles. The minimum absolute atomic E-state index is 0.0553. The highest BCUT2D eigenvalue weighted by Crippen LogP contribution is 2.28. The fourth-order valence-corrected chi connectivity index (χ4v) is 2.64. The molecule has 1 amide bonds. The zero-order valence-corrected chi connectivity index (χ0v) is 12.2. The van der Waals surface area contributed by atoms with Gasteiger partial charge in [-0.05, 0) is 18.9 Å². The Hall–Kier alpha value is -2.63. The number of amides is 1. The second-order valence-electron chi connectivity index (χ2n) is 5.07. The van der Waals surface area contributed by atoms with E-state index in [4.69, 9.17) is 9.15 Å². The summed E-state index contributed by atoms with van der Waals surface area (Å²) < 4.78 is 10.0. The third kappa shape index (κ3) is 2.47. The van der Waals surface area contributed by atoms with Crippen LogP contribution in [-0.4, -0.2) is 42.0 Å². The number of hydrogen-bond donors (Lipinski definition) is 0. The molecule has 1 aromatic carbocycles. The highest BCUT2D eigenvalue weighted by atomic mass is 16.5. The van der Waals surface area contributed by atoms with Gasteiger partial charge in [0.1, 0.15) is 0 Å². The van der Waals surface area contributed by atoms with E-state index in [-0.39, 0.29) is 17.4 Å². The first-order chi connectivity index (χ1) is 10.7. The quantitative estimate of drug-likeness (QED) is 0.814. The first-order valence-corrected chi connectivity index (χ1v) is 7.13. The van der Waals surface area contributed by atoms with Crippen LogP contribution in [-0.2, 0) is 4.74 Å². The maximum absolute atomic E-state index is 12.7. The molecule has 0 radical (unpaired) electrons. The smallest absolute Gasteiger partial charge is 0.360 e. The zero-order chi connectivity index (χ0) is 15.5. The number of oxazole rings is 1. The van der Waals surface area contributed by atoms with Crippen molar-refractivity contribution < 1.29 is 18.7 Å². The number of aromatic nitrogens is 1. The van der Waals surface area contributed by atoms with Gasteiger partial charge in [-0.15, -0.1) is 0 Å². The van der Waals surface area contributed by atoms with E-state index in [1.54, 1.807) is 24.3 Å². The zero-order valence-electron chi connectivity index (χ0n) is 12.2. The van der Waals surface area contributed by atoms with Crippen LogP contribution in [0, 0.1) is 0 Å². The molecule has 0 unspecified atom stereocenters. The van der Waals surface area contributed by atoms with Crippen LogP contribution in [0.15, 0.2) is 35.1 Å². The van der Waals surface area contributed by atoms with Crippen molar-refractivity contribution in [3.63, 3.8) is 0 Å². The summed E-state index contributed by atoms with van der Waals surface area (Å²) in [6, 6.07) is 7.07. The number of methoxy groups -OCH3 is 1. The predicted molar refractivity (Wildman–Crippen MR) is 78.4 cm³/mol. The van der Waals surface area contributed by atoms with Crippen molar-refractivity contribution >= 4 is 11.9 Å². The lowest BCUT2D eigenvalue weighted by Crippen LogP contribution is -2.28. The van der Waals surface area contributed by atoms with Crippen LogP contribution in [0.5, 0.6) is 0 Å². The Morgan fingerprint density at radius 2 is 1.95 bits per heavy atom. The molecule has 0 atom stereocenters. The van der Waals surface area contributed by atoms with Crippen LogP contribution in [0.1, 0.15) is 33.7 Å². The van der Waals surface area contributed by atoms with Gasteiger partial charge in [0.25, 0.3) is 5.91 Å². The number of likely N-dealkylation sites (tertiary alicyclic amines) is 1. The van der Waals surface area contributed by atoms with Crippen molar-refractivity contribution in [1.29, 1.82) is 0 Å². The van der Waals surface area contributed by atoms with Crippen molar-refractivity contribution in [2.24, 2.45) is 0 Å². The molecule has 1 saturated heterocycles. The molecule has 114 valence electrons. The number of nitrogens with zero attached hydrogens (tertiary/aromatic N) is 2. The largest absolute Gasteiger partial charge is 0.464 e. The fourth-order valence-electron chi connectivity index (χ4n) is 2.64. The molecule has 1 aliphatic rings. The van der Waals surface area contributed by atoms with Crippen LogP contribution in [0.2, 0.25) is 0 Å². The van der Waals surface area contributed by atoms with Crippen molar-refractivity contribution in [2.75, 3.05) is 20.2 Å². The highest BCUT2D eigenvalue weighted by molar-refractivity contribution is 6.03. The summed E-state index contributed by atoms with van der Waals surface area (Å²) in [6.07, 6.45) is 3.21. The van der Waals surface area contributed by atoms with Gasteiger partial charge < -0.3 is 14.1 Å². The second kappa shape index (κ2) is 6.01. The van der Waals surface area contributed by atoms with Crippen molar-refractivity contribution in [3.8, 4) is 11.3 Å². The molecule has 0 bridgehead atoms. The third-order valence-electron chi connectivity index (χ3n) is 3.74. The maximum Gasteiger partial charge on any atom is 0.360 e. The lowest BCUT2D eigenvalue weighted by Gasteiger charge is -2.17. The van der Waals surface area contributed by atoms with Gasteiger partial charge in [0.2, 0.25) is 0 Å². The lowest BCUT2D eigenvalue weighted by molar-refractivity contribution is 0.0594. The molecular weight excluding hydrogens is 284 g/mol. The first-order valence-electron chi connectivity index (χ1n) is 7.13. The van der Waals surface area contributed by atoms with Crippen molar-refractivity contribution in [2.45, 2.75) is 12.8 Å². The minimum Gasteiger partial charge on any atom is -0.464 e. The molecule has 0 spiro atoms. The van der Waals surface area contributed by atoms with Gasteiger partial charge in [-0.3, -0.25) is 4.79 Å². The molecule has 3 rings (SSSR count). The van der Waals surface area contributed by atoms with Crippen LogP contribution < -0.4 is 0 Å². The summed E-state index contributed by atoms with van der Waals surface area (Å²) in [5.74, 6) is -0.387. The monoisotopic (exact) mass is 300 g/mol. The van der Waals surface area contributed by atoms with Crippen LogP contribution in [0.3, 0.4) is 0 Å². The average Bonchev–Trinajstić information content (AvgIpc) is 3.24. The Morgan fingerprint density at radius 1 is 1.23 bits per heavy atom. The summed E-state index contributed by atoms with van der Waals surface area (Å²) >= 11 is 0. The summed E-state index contributed by atoms with van der Waals surface area (Å²) in [4.78, 5) is 30.1. The molecule has 6 heteroatoms. The van der Waals surface area contributed by atoms with E-state index < -0.39 is 5.97 Å². The first kappa shape index (κ1) is 14.3. The Morgan fingerprint density at radius 3 is 2.68 bits per heavy atom. The van der Waals surface area contributed by atoms with Gasteiger partial charge >= 0.3 is 5.97 Å². The lowest BCUT2D eigenvalue weighted by atomic mass is 10.0. The third-order valence-corrected chi connectivity index (χ3v) is 3.74. The molecule has 0 saturated carbocycles. The second-order valence-corrected chi connectivity index (χ2v) is 5.07. The Labute approximate surface area is 127 Å². The Kier molecular flexibility index (Phi) is 3.91. The number of hydrogen-bond acceptors (Lipinski definition) is 5. The topological polar surface area (TPSA) is 72.6 Å². The SMILES string of the molecule is COC(=O)c1ncoc1-c1ccccc1C(=O)N1CCCC1. The molecule has 2 heterocycles. The van der Waals surface area contributed by atoms with Crippen LogP contribution in [0.25, 0.3) is 11.3 Å². The van der Waals surface area contributed by atoms with E-state index in [0.29, 0.717) is 11.1 Å². The number of benzene rings is 1. The van der Waals surface area contributed by atoms with Crippen LogP contribution >= 0.6 is 0 Å². The molecule has 0 N–H and O–H groups in total. The predicted octanol–water partition coefficient (Wildman–Crippen LogP) is 2.36. The molecular formula is C16H16N2O4. The van der Waals surface area contributed by atoms with Gasteiger partial charge in [-0.1, -0.05) is 18.2 Å². The number of carbonyl (C=O) groups excluding carboxylic acids is 2. The van der Waals surface area contributed by atoms with E-state index >= 15 is 0 Å². The molecule has 1 fully saturated rings. The van der Waals surface area contributed by atoms with Gasteiger partial charge in [-0.2, -0.15) is 0 Å². The van der Waals surface area contributed by atoms with Crippen molar-refractivity contribution in [3.05, 3.63) is 41.9 Å². The number of ether oxygens (including phenoxy) is 1. The fraction of sp³-hybridized carbons (Fsp3) is 0.312. The number of carbonyl (C=O) groups is 2. The Bertz CT molecular complexity index is 702. The summed E-state index contributed by atoms with van der Waals surface area (Å²) in [7, 11) is 1.28.